The summed E-state index contributed by atoms with van der Waals surface area (Å²) in [5.74, 6) is -3.52. The summed E-state index contributed by atoms with van der Waals surface area (Å²) in [4.78, 5) is 26.3. The predicted molar refractivity (Wildman–Crippen MR) is 116 cm³/mol. The van der Waals surface area contributed by atoms with Crippen LogP contribution in [0.5, 0.6) is 0 Å². The van der Waals surface area contributed by atoms with Crippen LogP contribution in [0.25, 0.3) is 0 Å². The fraction of sp³-hybridized carbons (Fsp3) is 0.364. The highest BCUT2D eigenvalue weighted by molar-refractivity contribution is 6.30. The van der Waals surface area contributed by atoms with Gasteiger partial charge in [-0.3, -0.25) is 4.79 Å². The number of halogens is 4. The normalized spacial score (nSPS) is 15.3. The number of likely N-dealkylation sites (tertiary alicyclic amines) is 1. The van der Waals surface area contributed by atoms with Crippen molar-refractivity contribution < 1.29 is 22.8 Å². The molecule has 0 radical (unpaired) electrons. The average molecular weight is 469 g/mol. The first-order valence-electron chi connectivity index (χ1n) is 10.2. The number of rotatable bonds is 6. The SMILES string of the molecule is N[C@@H](CC(=O)N1CCC(NC(=O)Nc2ccc(Cl)cc2)CC1)Cc1cc(F)c(F)cc1F. The molecule has 0 unspecified atom stereocenters. The maximum Gasteiger partial charge on any atom is 0.319 e. The van der Waals surface area contributed by atoms with Crippen molar-refractivity contribution in [2.45, 2.75) is 37.8 Å². The zero-order chi connectivity index (χ0) is 23.3. The topological polar surface area (TPSA) is 87.5 Å². The Hall–Kier alpha value is -2.78. The lowest BCUT2D eigenvalue weighted by atomic mass is 10.0. The Balaban J connectivity index is 1.42. The first-order chi connectivity index (χ1) is 15.2. The van der Waals surface area contributed by atoms with Gasteiger partial charge >= 0.3 is 6.03 Å². The van der Waals surface area contributed by atoms with Gasteiger partial charge in [0.1, 0.15) is 5.82 Å². The lowest BCUT2D eigenvalue weighted by molar-refractivity contribution is -0.132. The molecule has 2 aromatic rings. The van der Waals surface area contributed by atoms with E-state index in [0.29, 0.717) is 42.7 Å². The molecular weight excluding hydrogens is 445 g/mol. The minimum absolute atomic E-state index is 0.0480. The summed E-state index contributed by atoms with van der Waals surface area (Å²) in [6.07, 6.45) is 1.02. The van der Waals surface area contributed by atoms with E-state index in [-0.39, 0.29) is 36.4 Å². The summed E-state index contributed by atoms with van der Waals surface area (Å²) >= 11 is 5.82. The van der Waals surface area contributed by atoms with Crippen LogP contribution < -0.4 is 16.4 Å². The van der Waals surface area contributed by atoms with Gasteiger partial charge in [-0.15, -0.1) is 0 Å². The highest BCUT2D eigenvalue weighted by Gasteiger charge is 2.25. The van der Waals surface area contributed by atoms with Crippen molar-refractivity contribution >= 4 is 29.2 Å². The van der Waals surface area contributed by atoms with Crippen LogP contribution in [-0.2, 0) is 11.2 Å². The predicted octanol–water partition coefficient (Wildman–Crippen LogP) is 3.83. The van der Waals surface area contributed by atoms with Gasteiger partial charge in [0, 0.05) is 48.4 Å². The molecule has 1 heterocycles. The number of carbonyl (C=O) groups excluding carboxylic acids is 2. The summed E-state index contributed by atoms with van der Waals surface area (Å²) in [5.41, 5.74) is 6.49. The van der Waals surface area contributed by atoms with Crippen LogP contribution in [0, 0.1) is 17.5 Å². The number of hydrogen-bond donors (Lipinski definition) is 3. The van der Waals surface area contributed by atoms with Gasteiger partial charge < -0.3 is 21.3 Å². The van der Waals surface area contributed by atoms with E-state index in [1.165, 1.54) is 0 Å². The van der Waals surface area contributed by atoms with Gasteiger partial charge in [0.05, 0.1) is 0 Å². The van der Waals surface area contributed by atoms with E-state index in [9.17, 15) is 22.8 Å². The van der Waals surface area contributed by atoms with Gasteiger partial charge in [0.2, 0.25) is 5.91 Å². The fourth-order valence-electron chi connectivity index (χ4n) is 3.59. The zero-order valence-electron chi connectivity index (χ0n) is 17.2. The van der Waals surface area contributed by atoms with Crippen molar-refractivity contribution in [3.05, 3.63) is 64.4 Å². The number of carbonyl (C=O) groups is 2. The third-order valence-corrected chi connectivity index (χ3v) is 5.55. The number of benzene rings is 2. The molecule has 1 fully saturated rings. The Morgan fingerprint density at radius 2 is 1.69 bits per heavy atom. The standard InChI is InChI=1S/C22H24ClF3N4O2/c23-14-1-3-16(4-2-14)28-22(32)29-17-5-7-30(8-6-17)21(31)11-15(27)9-13-10-19(25)20(26)12-18(13)24/h1-4,10,12,15,17H,5-9,11,27H2,(H2,28,29,32)/t15-/m1/s1. The van der Waals surface area contributed by atoms with E-state index in [2.05, 4.69) is 10.6 Å². The lowest BCUT2D eigenvalue weighted by Gasteiger charge is -2.33. The molecule has 3 amide bonds. The molecule has 0 bridgehead atoms. The maximum absolute atomic E-state index is 13.8. The number of anilines is 1. The second kappa shape index (κ2) is 10.7. The Morgan fingerprint density at radius 1 is 1.06 bits per heavy atom. The highest BCUT2D eigenvalue weighted by atomic mass is 35.5. The summed E-state index contributed by atoms with van der Waals surface area (Å²) < 4.78 is 40.2. The second-order valence-electron chi connectivity index (χ2n) is 7.79. The monoisotopic (exact) mass is 468 g/mol. The first kappa shape index (κ1) is 23.9. The third-order valence-electron chi connectivity index (χ3n) is 5.29. The lowest BCUT2D eigenvalue weighted by Crippen LogP contribution is -2.48. The summed E-state index contributed by atoms with van der Waals surface area (Å²) in [5, 5.41) is 6.17. The molecule has 0 spiro atoms. The number of amides is 3. The quantitative estimate of drug-likeness (QED) is 0.563. The molecule has 1 saturated heterocycles. The van der Waals surface area contributed by atoms with Gasteiger partial charge in [-0.2, -0.15) is 0 Å². The Kier molecular flexibility index (Phi) is 7.98. The van der Waals surface area contributed by atoms with E-state index in [1.807, 2.05) is 0 Å². The molecule has 172 valence electrons. The largest absolute Gasteiger partial charge is 0.342 e. The molecule has 6 nitrogen and oxygen atoms in total. The molecule has 1 atom stereocenters. The van der Waals surface area contributed by atoms with Crippen LogP contribution in [0.15, 0.2) is 36.4 Å². The summed E-state index contributed by atoms with van der Waals surface area (Å²) in [6, 6.07) is 6.81. The van der Waals surface area contributed by atoms with Crippen molar-refractivity contribution in [2.75, 3.05) is 18.4 Å². The van der Waals surface area contributed by atoms with Crippen LogP contribution in [0.1, 0.15) is 24.8 Å². The molecule has 1 aliphatic rings. The van der Waals surface area contributed by atoms with Crippen molar-refractivity contribution in [2.24, 2.45) is 5.73 Å². The van der Waals surface area contributed by atoms with Crippen LogP contribution in [-0.4, -0.2) is 42.0 Å². The molecule has 10 heteroatoms. The maximum atomic E-state index is 13.8. The van der Waals surface area contributed by atoms with Crippen molar-refractivity contribution in [1.29, 1.82) is 0 Å². The van der Waals surface area contributed by atoms with Crippen LogP contribution in [0.2, 0.25) is 5.02 Å². The number of nitrogens with zero attached hydrogens (tertiary/aromatic N) is 1. The van der Waals surface area contributed by atoms with Crippen molar-refractivity contribution in [1.82, 2.24) is 10.2 Å². The zero-order valence-corrected chi connectivity index (χ0v) is 18.0. The van der Waals surface area contributed by atoms with E-state index >= 15 is 0 Å². The number of nitrogens with one attached hydrogen (secondary N) is 2. The first-order valence-corrected chi connectivity index (χ1v) is 10.6. The fourth-order valence-corrected chi connectivity index (χ4v) is 3.71. The van der Waals surface area contributed by atoms with Crippen molar-refractivity contribution in [3.63, 3.8) is 0 Å². The molecule has 0 saturated carbocycles. The van der Waals surface area contributed by atoms with Gasteiger partial charge in [-0.25, -0.2) is 18.0 Å². The minimum atomic E-state index is -1.27. The molecule has 2 aromatic carbocycles. The van der Waals surface area contributed by atoms with E-state index in [1.54, 1.807) is 29.2 Å². The summed E-state index contributed by atoms with van der Waals surface area (Å²) in [7, 11) is 0. The highest BCUT2D eigenvalue weighted by Crippen LogP contribution is 2.18. The smallest absolute Gasteiger partial charge is 0.319 e. The van der Waals surface area contributed by atoms with Gasteiger partial charge in [-0.05, 0) is 55.2 Å². The van der Waals surface area contributed by atoms with E-state index < -0.39 is 23.5 Å². The number of hydrogen-bond acceptors (Lipinski definition) is 3. The Labute approximate surface area is 188 Å². The molecule has 0 aliphatic carbocycles. The number of urea groups is 1. The molecule has 32 heavy (non-hydrogen) atoms. The summed E-state index contributed by atoms with van der Waals surface area (Å²) in [6.45, 7) is 0.883. The molecule has 3 rings (SSSR count). The molecule has 0 aromatic heterocycles. The van der Waals surface area contributed by atoms with E-state index in [4.69, 9.17) is 17.3 Å². The van der Waals surface area contributed by atoms with Gasteiger partial charge in [0.15, 0.2) is 11.6 Å². The van der Waals surface area contributed by atoms with Crippen molar-refractivity contribution in [3.8, 4) is 0 Å². The number of piperidine rings is 1. The second-order valence-corrected chi connectivity index (χ2v) is 8.22. The van der Waals surface area contributed by atoms with E-state index in [0.717, 1.165) is 6.07 Å². The van der Waals surface area contributed by atoms with Crippen LogP contribution in [0.4, 0.5) is 23.7 Å². The Bertz CT molecular complexity index is 966. The van der Waals surface area contributed by atoms with Gasteiger partial charge in [-0.1, -0.05) is 11.6 Å². The Morgan fingerprint density at radius 3 is 2.34 bits per heavy atom. The molecule has 4 N–H and O–H groups in total. The van der Waals surface area contributed by atoms with Gasteiger partial charge in [0.25, 0.3) is 0 Å². The van der Waals surface area contributed by atoms with Crippen LogP contribution in [0.3, 0.4) is 0 Å². The molecule has 1 aliphatic heterocycles. The average Bonchev–Trinajstić information content (AvgIpc) is 2.74. The number of nitrogens with two attached hydrogens (primary N) is 1. The molecular formula is C22H24ClF3N4O2. The third kappa shape index (κ3) is 6.61. The minimum Gasteiger partial charge on any atom is -0.342 e. The van der Waals surface area contributed by atoms with Crippen LogP contribution >= 0.6 is 11.6 Å².